The van der Waals surface area contributed by atoms with Crippen molar-refractivity contribution in [3.8, 4) is 0 Å². The first kappa shape index (κ1) is 16.0. The van der Waals surface area contributed by atoms with E-state index in [0.717, 1.165) is 4.88 Å². The number of nitrogens with one attached hydrogen (secondary N) is 2. The molecule has 0 aliphatic heterocycles. The molecule has 0 bridgehead atoms. The molecular weight excluding hydrogens is 284 g/mol. The molecule has 0 saturated carbocycles. The van der Waals surface area contributed by atoms with Gasteiger partial charge in [0, 0.05) is 17.8 Å². The van der Waals surface area contributed by atoms with Gasteiger partial charge in [-0.2, -0.15) is 0 Å². The lowest BCUT2D eigenvalue weighted by Crippen LogP contribution is -2.30. The van der Waals surface area contributed by atoms with Crippen molar-refractivity contribution < 1.29 is 24.6 Å². The maximum atomic E-state index is 11.6. The molecule has 0 saturated heterocycles. The summed E-state index contributed by atoms with van der Waals surface area (Å²) in [6, 6.07) is -0.542. The molecule has 0 aromatic carbocycles. The van der Waals surface area contributed by atoms with Crippen LogP contribution in [0.5, 0.6) is 0 Å². The third-order valence-corrected chi connectivity index (χ3v) is 3.80. The van der Waals surface area contributed by atoms with Crippen LogP contribution in [0, 0.1) is 13.8 Å². The van der Waals surface area contributed by atoms with Crippen molar-refractivity contribution in [2.24, 2.45) is 0 Å². The molecule has 0 radical (unpaired) electrons. The number of urea groups is 1. The summed E-state index contributed by atoms with van der Waals surface area (Å²) in [5.41, 5.74) is 0.719. The number of anilines is 1. The first-order valence-corrected chi connectivity index (χ1v) is 6.74. The molecule has 0 aliphatic carbocycles. The fraction of sp³-hybridized carbons (Fsp3) is 0.417. The first-order chi connectivity index (χ1) is 9.32. The van der Waals surface area contributed by atoms with Crippen LogP contribution in [0.2, 0.25) is 0 Å². The zero-order valence-corrected chi connectivity index (χ0v) is 12.0. The normalized spacial score (nSPS) is 10.1. The van der Waals surface area contributed by atoms with Gasteiger partial charge in [-0.05, 0) is 25.8 Å². The predicted molar refractivity (Wildman–Crippen MR) is 74.6 cm³/mol. The van der Waals surface area contributed by atoms with E-state index in [0.29, 0.717) is 12.0 Å². The average Bonchev–Trinajstić information content (AvgIpc) is 2.60. The Hall–Kier alpha value is -2.09. The summed E-state index contributed by atoms with van der Waals surface area (Å²) in [5.74, 6) is -2.02. The summed E-state index contributed by atoms with van der Waals surface area (Å²) in [6.45, 7) is 3.68. The smallest absolute Gasteiger partial charge is 0.338 e. The highest BCUT2D eigenvalue weighted by Crippen LogP contribution is 2.32. The second-order valence-electron chi connectivity index (χ2n) is 4.17. The number of aliphatic carboxylic acids is 1. The highest BCUT2D eigenvalue weighted by Gasteiger charge is 2.20. The van der Waals surface area contributed by atoms with E-state index in [1.54, 1.807) is 13.8 Å². The quantitative estimate of drug-likeness (QED) is 0.600. The number of aromatic carboxylic acids is 1. The van der Waals surface area contributed by atoms with Gasteiger partial charge in [0.1, 0.15) is 5.00 Å². The second kappa shape index (κ2) is 6.90. The minimum atomic E-state index is -1.09. The van der Waals surface area contributed by atoms with E-state index in [9.17, 15) is 14.4 Å². The molecule has 4 N–H and O–H groups in total. The fourth-order valence-electron chi connectivity index (χ4n) is 1.56. The minimum absolute atomic E-state index is 0.0299. The molecule has 1 heterocycles. The third-order valence-electron chi connectivity index (χ3n) is 2.68. The first-order valence-electron chi connectivity index (χ1n) is 5.92. The molecule has 8 heteroatoms. The van der Waals surface area contributed by atoms with Crippen molar-refractivity contribution in [1.82, 2.24) is 5.32 Å². The molecule has 0 spiro atoms. The number of thiophene rings is 1. The molecule has 110 valence electrons. The summed E-state index contributed by atoms with van der Waals surface area (Å²) in [5, 5.41) is 22.8. The molecule has 0 fully saturated rings. The number of carbonyl (C=O) groups excluding carboxylic acids is 1. The summed E-state index contributed by atoms with van der Waals surface area (Å²) in [4.78, 5) is 33.9. The van der Waals surface area contributed by atoms with Crippen molar-refractivity contribution in [3.05, 3.63) is 16.0 Å². The van der Waals surface area contributed by atoms with Crippen molar-refractivity contribution in [1.29, 1.82) is 0 Å². The van der Waals surface area contributed by atoms with Gasteiger partial charge in [0.2, 0.25) is 0 Å². The Morgan fingerprint density at radius 3 is 2.40 bits per heavy atom. The zero-order chi connectivity index (χ0) is 15.3. The van der Waals surface area contributed by atoms with E-state index in [1.807, 2.05) is 0 Å². The standard InChI is InChI=1S/C12H16N2O5S/c1-6-7(2)20-10(9(6)11(17)18)14-12(19)13-5-3-4-8(15)16/h3-5H2,1-2H3,(H,15,16)(H,17,18)(H2,13,14,19). The van der Waals surface area contributed by atoms with Gasteiger partial charge in [0.25, 0.3) is 0 Å². The number of carboxylic acid groups (broad SMARTS) is 2. The van der Waals surface area contributed by atoms with Crippen LogP contribution < -0.4 is 10.6 Å². The Kier molecular flexibility index (Phi) is 5.51. The van der Waals surface area contributed by atoms with E-state index in [4.69, 9.17) is 10.2 Å². The van der Waals surface area contributed by atoms with Crippen LogP contribution in [0.1, 0.15) is 33.6 Å². The number of carbonyl (C=O) groups is 3. The third kappa shape index (κ3) is 4.23. The lowest BCUT2D eigenvalue weighted by Gasteiger charge is -2.06. The largest absolute Gasteiger partial charge is 0.481 e. The average molecular weight is 300 g/mol. The lowest BCUT2D eigenvalue weighted by atomic mass is 10.1. The predicted octanol–water partition coefficient (Wildman–Crippen LogP) is 2.05. The molecule has 1 rings (SSSR count). The van der Waals surface area contributed by atoms with Crippen molar-refractivity contribution in [2.45, 2.75) is 26.7 Å². The van der Waals surface area contributed by atoms with Crippen LogP contribution >= 0.6 is 11.3 Å². The highest BCUT2D eigenvalue weighted by molar-refractivity contribution is 7.16. The lowest BCUT2D eigenvalue weighted by molar-refractivity contribution is -0.137. The topological polar surface area (TPSA) is 116 Å². The van der Waals surface area contributed by atoms with Gasteiger partial charge in [0.15, 0.2) is 0 Å². The number of hydrogen-bond acceptors (Lipinski definition) is 4. The summed E-state index contributed by atoms with van der Waals surface area (Å²) < 4.78 is 0. The van der Waals surface area contributed by atoms with Gasteiger partial charge in [-0.15, -0.1) is 11.3 Å². The SMILES string of the molecule is Cc1sc(NC(=O)NCCCC(=O)O)c(C(=O)O)c1C. The molecule has 0 aliphatic rings. The number of amides is 2. The molecule has 20 heavy (non-hydrogen) atoms. The van der Waals surface area contributed by atoms with Gasteiger partial charge in [-0.3, -0.25) is 10.1 Å². The Bertz CT molecular complexity index is 538. The Morgan fingerprint density at radius 1 is 1.20 bits per heavy atom. The van der Waals surface area contributed by atoms with Gasteiger partial charge in [-0.25, -0.2) is 9.59 Å². The van der Waals surface area contributed by atoms with Crippen molar-refractivity contribution in [2.75, 3.05) is 11.9 Å². The molecule has 0 atom stereocenters. The molecule has 0 unspecified atom stereocenters. The molecule has 1 aromatic rings. The van der Waals surface area contributed by atoms with E-state index in [1.165, 1.54) is 11.3 Å². The number of aryl methyl sites for hydroxylation is 1. The van der Waals surface area contributed by atoms with E-state index >= 15 is 0 Å². The zero-order valence-electron chi connectivity index (χ0n) is 11.1. The number of rotatable bonds is 6. The molecular formula is C12H16N2O5S. The Labute approximate surface area is 119 Å². The van der Waals surface area contributed by atoms with E-state index in [2.05, 4.69) is 10.6 Å². The van der Waals surface area contributed by atoms with Crippen LogP contribution in [0.15, 0.2) is 0 Å². The maximum absolute atomic E-state index is 11.6. The fourth-order valence-corrected chi connectivity index (χ4v) is 2.61. The maximum Gasteiger partial charge on any atom is 0.338 e. The van der Waals surface area contributed by atoms with Crippen LogP contribution in [-0.2, 0) is 4.79 Å². The van der Waals surface area contributed by atoms with Crippen LogP contribution in [0.3, 0.4) is 0 Å². The number of hydrogen-bond donors (Lipinski definition) is 4. The highest BCUT2D eigenvalue weighted by atomic mass is 32.1. The molecule has 1 aromatic heterocycles. The summed E-state index contributed by atoms with van der Waals surface area (Å²) in [6.07, 6.45) is 0.287. The van der Waals surface area contributed by atoms with Crippen LogP contribution in [0.25, 0.3) is 0 Å². The van der Waals surface area contributed by atoms with Gasteiger partial charge < -0.3 is 15.5 Å². The van der Waals surface area contributed by atoms with Gasteiger partial charge in [0.05, 0.1) is 5.56 Å². The van der Waals surface area contributed by atoms with Crippen LogP contribution in [0.4, 0.5) is 9.80 Å². The van der Waals surface area contributed by atoms with Gasteiger partial charge in [-0.1, -0.05) is 0 Å². The number of carboxylic acids is 2. The molecule has 7 nitrogen and oxygen atoms in total. The van der Waals surface area contributed by atoms with Gasteiger partial charge >= 0.3 is 18.0 Å². The summed E-state index contributed by atoms with van der Waals surface area (Å²) >= 11 is 1.19. The van der Waals surface area contributed by atoms with Crippen molar-refractivity contribution >= 4 is 34.3 Å². The minimum Gasteiger partial charge on any atom is -0.481 e. The second-order valence-corrected chi connectivity index (χ2v) is 5.40. The Balaban J connectivity index is 2.60. The van der Waals surface area contributed by atoms with E-state index < -0.39 is 18.0 Å². The van der Waals surface area contributed by atoms with Crippen molar-refractivity contribution in [3.63, 3.8) is 0 Å². The monoisotopic (exact) mass is 300 g/mol. The van der Waals surface area contributed by atoms with Crippen LogP contribution in [-0.4, -0.2) is 34.7 Å². The van der Waals surface area contributed by atoms with E-state index in [-0.39, 0.29) is 23.5 Å². The summed E-state index contributed by atoms with van der Waals surface area (Å²) in [7, 11) is 0. The molecule has 2 amide bonds. The Morgan fingerprint density at radius 2 is 1.85 bits per heavy atom.